The highest BCUT2D eigenvalue weighted by Crippen LogP contribution is 2.26. The number of amides is 1. The second-order valence-electron chi connectivity index (χ2n) is 4.50. The van der Waals surface area contributed by atoms with E-state index in [0.717, 1.165) is 21.7 Å². The fraction of sp³-hybridized carbons (Fsp3) is 0.0714. The van der Waals surface area contributed by atoms with E-state index in [9.17, 15) is 4.79 Å². The van der Waals surface area contributed by atoms with Crippen molar-refractivity contribution in [1.29, 1.82) is 0 Å². The number of amidine groups is 1. The molecule has 1 amide bonds. The largest absolute Gasteiger partial charge is 0.271 e. The molecule has 0 saturated heterocycles. The highest BCUT2D eigenvalue weighted by molar-refractivity contribution is 7.12. The van der Waals surface area contributed by atoms with Crippen molar-refractivity contribution in [3.05, 3.63) is 57.8 Å². The van der Waals surface area contributed by atoms with Crippen molar-refractivity contribution in [1.82, 2.24) is 10.4 Å². The number of benzene rings is 1. The Morgan fingerprint density at radius 1 is 1.15 bits per heavy atom. The van der Waals surface area contributed by atoms with Gasteiger partial charge in [0, 0.05) is 11.1 Å². The monoisotopic (exact) mass is 282 g/mol. The zero-order chi connectivity index (χ0) is 13.5. The minimum atomic E-state index is -0.151. The maximum Gasteiger partial charge on any atom is 0.261 e. The Hall–Kier alpha value is -2.47. The first kappa shape index (κ1) is 11.4. The van der Waals surface area contributed by atoms with E-state index in [1.807, 2.05) is 41.8 Å². The lowest BCUT2D eigenvalue weighted by Gasteiger charge is -2.30. The van der Waals surface area contributed by atoms with Crippen LogP contribution in [0.15, 0.2) is 52.0 Å². The van der Waals surface area contributed by atoms with Gasteiger partial charge in [-0.3, -0.25) is 4.79 Å². The van der Waals surface area contributed by atoms with Crippen LogP contribution in [0.1, 0.15) is 16.0 Å². The van der Waals surface area contributed by atoms with Crippen LogP contribution in [-0.2, 0) is 4.79 Å². The highest BCUT2D eigenvalue weighted by Gasteiger charge is 2.30. The molecule has 2 aliphatic rings. The van der Waals surface area contributed by atoms with Crippen LogP contribution in [0.2, 0.25) is 0 Å². The van der Waals surface area contributed by atoms with E-state index in [1.165, 1.54) is 0 Å². The SMILES string of the molecule is O=C1CN2N=C(c3cccs3)c3ccccc3C2=NN1. The molecule has 1 aromatic heterocycles. The molecule has 0 bridgehead atoms. The molecule has 1 N–H and O–H groups in total. The molecule has 0 unspecified atom stereocenters. The number of hydrogen-bond donors (Lipinski definition) is 1. The van der Waals surface area contributed by atoms with E-state index in [2.05, 4.69) is 15.6 Å². The summed E-state index contributed by atoms with van der Waals surface area (Å²) >= 11 is 1.64. The van der Waals surface area contributed by atoms with Gasteiger partial charge in [0.2, 0.25) is 0 Å². The average molecular weight is 282 g/mol. The van der Waals surface area contributed by atoms with Crippen LogP contribution in [0.5, 0.6) is 0 Å². The summed E-state index contributed by atoms with van der Waals surface area (Å²) in [4.78, 5) is 12.6. The predicted molar refractivity (Wildman–Crippen MR) is 77.8 cm³/mol. The molecule has 0 spiro atoms. The molecule has 2 aromatic rings. The van der Waals surface area contributed by atoms with E-state index >= 15 is 0 Å². The fourth-order valence-electron chi connectivity index (χ4n) is 2.36. The molecule has 3 heterocycles. The molecule has 0 atom stereocenters. The molecule has 0 saturated carbocycles. The summed E-state index contributed by atoms with van der Waals surface area (Å²) in [6.45, 7) is 0.196. The van der Waals surface area contributed by atoms with E-state index in [-0.39, 0.29) is 12.5 Å². The zero-order valence-corrected chi connectivity index (χ0v) is 11.2. The number of nitrogens with one attached hydrogen (secondary N) is 1. The van der Waals surface area contributed by atoms with Crippen molar-refractivity contribution < 1.29 is 4.79 Å². The van der Waals surface area contributed by atoms with Gasteiger partial charge < -0.3 is 0 Å². The summed E-state index contributed by atoms with van der Waals surface area (Å²) in [5.74, 6) is 0.544. The van der Waals surface area contributed by atoms with Crippen molar-refractivity contribution in [3.63, 3.8) is 0 Å². The quantitative estimate of drug-likeness (QED) is 0.864. The Kier molecular flexibility index (Phi) is 2.43. The minimum absolute atomic E-state index is 0.151. The topological polar surface area (TPSA) is 57.1 Å². The van der Waals surface area contributed by atoms with Crippen molar-refractivity contribution in [2.75, 3.05) is 6.54 Å². The molecule has 0 aliphatic carbocycles. The van der Waals surface area contributed by atoms with Gasteiger partial charge >= 0.3 is 0 Å². The molecule has 20 heavy (non-hydrogen) atoms. The molecule has 5 nitrogen and oxygen atoms in total. The standard InChI is InChI=1S/C14H10N4OS/c19-12-8-18-14(16-15-12)10-5-2-1-4-9(10)13(17-18)11-6-3-7-20-11/h1-7H,8H2,(H,15,19). The first-order chi connectivity index (χ1) is 9.83. The van der Waals surface area contributed by atoms with Gasteiger partial charge in [0.25, 0.3) is 5.91 Å². The Balaban J connectivity index is 1.94. The van der Waals surface area contributed by atoms with Crippen molar-refractivity contribution in [3.8, 4) is 0 Å². The molecule has 0 radical (unpaired) electrons. The lowest BCUT2D eigenvalue weighted by molar-refractivity contribution is -0.122. The van der Waals surface area contributed by atoms with Gasteiger partial charge in [-0.25, -0.2) is 10.4 Å². The third-order valence-electron chi connectivity index (χ3n) is 3.22. The molecule has 98 valence electrons. The van der Waals surface area contributed by atoms with Gasteiger partial charge in [-0.1, -0.05) is 30.3 Å². The van der Waals surface area contributed by atoms with Crippen LogP contribution in [-0.4, -0.2) is 29.0 Å². The molecule has 0 fully saturated rings. The van der Waals surface area contributed by atoms with E-state index in [1.54, 1.807) is 16.3 Å². The van der Waals surface area contributed by atoms with Crippen molar-refractivity contribution >= 4 is 28.8 Å². The first-order valence-electron chi connectivity index (χ1n) is 6.19. The zero-order valence-electron chi connectivity index (χ0n) is 10.4. The number of rotatable bonds is 1. The Labute approximate surface area is 119 Å². The number of hydrogen-bond acceptors (Lipinski definition) is 5. The molecular formula is C14H10N4OS. The minimum Gasteiger partial charge on any atom is -0.271 e. The number of carbonyl (C=O) groups is 1. The summed E-state index contributed by atoms with van der Waals surface area (Å²) in [6.07, 6.45) is 0. The number of fused-ring (bicyclic) bond motifs is 3. The van der Waals surface area contributed by atoms with E-state index in [4.69, 9.17) is 0 Å². The third-order valence-corrected chi connectivity index (χ3v) is 4.10. The maximum atomic E-state index is 11.5. The fourth-order valence-corrected chi connectivity index (χ4v) is 3.08. The molecule has 2 aliphatic heterocycles. The van der Waals surface area contributed by atoms with Gasteiger partial charge in [0.15, 0.2) is 5.84 Å². The number of thiophene rings is 1. The lowest BCUT2D eigenvalue weighted by atomic mass is 9.99. The molecule has 6 heteroatoms. The van der Waals surface area contributed by atoms with Gasteiger partial charge in [0.05, 0.1) is 4.88 Å². The summed E-state index contributed by atoms with van der Waals surface area (Å²) in [5, 5.41) is 12.4. The van der Waals surface area contributed by atoms with Crippen LogP contribution in [0, 0.1) is 0 Å². The summed E-state index contributed by atoms with van der Waals surface area (Å²) < 4.78 is 0. The third kappa shape index (κ3) is 1.65. The van der Waals surface area contributed by atoms with Gasteiger partial charge in [-0.05, 0) is 11.4 Å². The average Bonchev–Trinajstić information content (AvgIpc) is 3.00. The highest BCUT2D eigenvalue weighted by atomic mass is 32.1. The van der Waals surface area contributed by atoms with E-state index < -0.39 is 0 Å². The van der Waals surface area contributed by atoms with Gasteiger partial charge in [-0.15, -0.1) is 11.3 Å². The van der Waals surface area contributed by atoms with Gasteiger partial charge in [0.1, 0.15) is 12.3 Å². The van der Waals surface area contributed by atoms with Crippen molar-refractivity contribution in [2.24, 2.45) is 10.2 Å². The second-order valence-corrected chi connectivity index (χ2v) is 5.45. The number of nitrogens with zero attached hydrogens (tertiary/aromatic N) is 3. The Morgan fingerprint density at radius 3 is 2.80 bits per heavy atom. The Morgan fingerprint density at radius 2 is 2.00 bits per heavy atom. The molecule has 4 rings (SSSR count). The van der Waals surface area contributed by atoms with Crippen LogP contribution in [0.4, 0.5) is 0 Å². The normalized spacial score (nSPS) is 16.8. The smallest absolute Gasteiger partial charge is 0.261 e. The number of carbonyl (C=O) groups excluding carboxylic acids is 1. The van der Waals surface area contributed by atoms with E-state index in [0.29, 0.717) is 5.84 Å². The maximum absolute atomic E-state index is 11.5. The Bertz CT molecular complexity index is 748. The predicted octanol–water partition coefficient (Wildman–Crippen LogP) is 1.61. The molecule has 1 aromatic carbocycles. The van der Waals surface area contributed by atoms with Crippen LogP contribution in [0.3, 0.4) is 0 Å². The van der Waals surface area contributed by atoms with Crippen LogP contribution in [0.25, 0.3) is 0 Å². The molecular weight excluding hydrogens is 272 g/mol. The summed E-state index contributed by atoms with van der Waals surface area (Å²) in [6, 6.07) is 12.0. The first-order valence-corrected chi connectivity index (χ1v) is 7.07. The lowest BCUT2D eigenvalue weighted by Crippen LogP contribution is -2.45. The number of hydrazone groups is 2. The van der Waals surface area contributed by atoms with Crippen LogP contribution < -0.4 is 5.43 Å². The second kappa shape index (κ2) is 4.28. The van der Waals surface area contributed by atoms with Crippen LogP contribution >= 0.6 is 11.3 Å². The summed E-state index contributed by atoms with van der Waals surface area (Å²) in [5.41, 5.74) is 5.44. The van der Waals surface area contributed by atoms with Gasteiger partial charge in [-0.2, -0.15) is 10.2 Å². The summed E-state index contributed by atoms with van der Waals surface area (Å²) in [7, 11) is 0. The van der Waals surface area contributed by atoms with Crippen molar-refractivity contribution in [2.45, 2.75) is 0 Å².